The van der Waals surface area contributed by atoms with Gasteiger partial charge in [0.15, 0.2) is 5.60 Å². The molecule has 7 heteroatoms. The molecule has 7 nitrogen and oxygen atoms in total. The maximum Gasteiger partial charge on any atom is 0.259 e. The van der Waals surface area contributed by atoms with Crippen LogP contribution in [0.2, 0.25) is 0 Å². The van der Waals surface area contributed by atoms with Gasteiger partial charge in [-0.1, -0.05) is 20.8 Å². The molecule has 0 aromatic carbocycles. The number of carbonyl (C=O) groups is 1. The van der Waals surface area contributed by atoms with Crippen LogP contribution >= 0.6 is 0 Å². The summed E-state index contributed by atoms with van der Waals surface area (Å²) >= 11 is 0. The van der Waals surface area contributed by atoms with Crippen molar-refractivity contribution < 1.29 is 23.7 Å². The Kier molecular flexibility index (Phi) is 8.30. The van der Waals surface area contributed by atoms with Crippen molar-refractivity contribution in [1.82, 2.24) is 9.88 Å². The van der Waals surface area contributed by atoms with Gasteiger partial charge in [-0.25, -0.2) is 0 Å². The summed E-state index contributed by atoms with van der Waals surface area (Å²) in [6.45, 7) is 6.90. The van der Waals surface area contributed by atoms with Crippen LogP contribution in [-0.4, -0.2) is 61.3 Å². The van der Waals surface area contributed by atoms with Gasteiger partial charge in [-0.15, -0.1) is 0 Å². The zero-order chi connectivity index (χ0) is 22.4. The standard InChI is InChI=1S/C24H38N2O5/c1-17(2)12-22-24(30-16-29-5,23(27)26(22)15-28-4)14-19-13-21(10-11-25-19)31-20-8-6-18(3)7-9-20/h10-11,13,17-18,20,22H,6-9,12,14-16H2,1-5H3/t18-,20+,22-,24+/m0/s1. The first-order chi connectivity index (χ1) is 14.9. The van der Waals surface area contributed by atoms with E-state index in [2.05, 4.69) is 25.8 Å². The molecule has 0 N–H and O–H groups in total. The van der Waals surface area contributed by atoms with Crippen LogP contribution in [0.4, 0.5) is 0 Å². The van der Waals surface area contributed by atoms with E-state index >= 15 is 0 Å². The van der Waals surface area contributed by atoms with Crippen molar-refractivity contribution in [2.45, 2.75) is 77.0 Å². The Morgan fingerprint density at radius 1 is 1.19 bits per heavy atom. The van der Waals surface area contributed by atoms with Gasteiger partial charge in [-0.3, -0.25) is 9.78 Å². The lowest BCUT2D eigenvalue weighted by Gasteiger charge is -2.55. The minimum absolute atomic E-state index is 0.0532. The molecule has 0 bridgehead atoms. The van der Waals surface area contributed by atoms with E-state index in [9.17, 15) is 4.79 Å². The van der Waals surface area contributed by atoms with Crippen LogP contribution in [0.5, 0.6) is 5.75 Å². The predicted molar refractivity (Wildman–Crippen MR) is 118 cm³/mol. The van der Waals surface area contributed by atoms with E-state index < -0.39 is 5.60 Å². The van der Waals surface area contributed by atoms with Crippen molar-refractivity contribution in [3.63, 3.8) is 0 Å². The molecule has 1 saturated heterocycles. The van der Waals surface area contributed by atoms with Gasteiger partial charge in [-0.05, 0) is 50.0 Å². The Morgan fingerprint density at radius 3 is 2.58 bits per heavy atom. The SMILES string of the molecule is COCO[C@@]1(Cc2cc(O[C@H]3CC[C@@H](C)CC3)ccn2)C(=O)N(COC)[C@H]1CC(C)C. The molecule has 1 aliphatic heterocycles. The molecule has 0 spiro atoms. The minimum Gasteiger partial charge on any atom is -0.490 e. The lowest BCUT2D eigenvalue weighted by molar-refractivity contribution is -0.235. The van der Waals surface area contributed by atoms with Gasteiger partial charge in [0.05, 0.1) is 12.1 Å². The van der Waals surface area contributed by atoms with Gasteiger partial charge < -0.3 is 23.8 Å². The number of β-lactam (4-membered cyclic amide) rings is 1. The monoisotopic (exact) mass is 434 g/mol. The fraction of sp³-hybridized carbons (Fsp3) is 0.750. The molecule has 174 valence electrons. The zero-order valence-corrected chi connectivity index (χ0v) is 19.6. The van der Waals surface area contributed by atoms with E-state index in [0.29, 0.717) is 12.3 Å². The Balaban J connectivity index is 1.78. The number of pyridine rings is 1. The van der Waals surface area contributed by atoms with E-state index in [-0.39, 0.29) is 31.6 Å². The number of methoxy groups -OCH3 is 2. The highest BCUT2D eigenvalue weighted by molar-refractivity contribution is 5.93. The third kappa shape index (κ3) is 5.57. The molecule has 1 aromatic heterocycles. The first kappa shape index (κ1) is 24.0. The summed E-state index contributed by atoms with van der Waals surface area (Å²) in [6.07, 6.45) is 7.78. The van der Waals surface area contributed by atoms with Crippen molar-refractivity contribution >= 4 is 5.91 Å². The topological polar surface area (TPSA) is 70.1 Å². The minimum atomic E-state index is -0.995. The Morgan fingerprint density at radius 2 is 1.94 bits per heavy atom. The molecule has 1 aromatic rings. The number of likely N-dealkylation sites (tertiary alicyclic amines) is 1. The number of carbonyl (C=O) groups excluding carboxylic acids is 1. The highest BCUT2D eigenvalue weighted by atomic mass is 16.7. The van der Waals surface area contributed by atoms with Crippen molar-refractivity contribution in [2.24, 2.45) is 11.8 Å². The maximum atomic E-state index is 13.2. The highest BCUT2D eigenvalue weighted by Crippen LogP contribution is 2.41. The molecule has 0 unspecified atom stereocenters. The molecule has 31 heavy (non-hydrogen) atoms. The van der Waals surface area contributed by atoms with Gasteiger partial charge in [0.25, 0.3) is 5.91 Å². The van der Waals surface area contributed by atoms with Crippen LogP contribution in [0.3, 0.4) is 0 Å². The van der Waals surface area contributed by atoms with Gasteiger partial charge in [0.2, 0.25) is 0 Å². The van der Waals surface area contributed by atoms with Crippen molar-refractivity contribution in [3.05, 3.63) is 24.0 Å². The van der Waals surface area contributed by atoms with E-state index in [1.807, 2.05) is 12.1 Å². The summed E-state index contributed by atoms with van der Waals surface area (Å²) in [5, 5.41) is 0. The smallest absolute Gasteiger partial charge is 0.259 e. The average molecular weight is 435 g/mol. The number of hydrogen-bond acceptors (Lipinski definition) is 6. The molecule has 2 fully saturated rings. The Bertz CT molecular complexity index is 720. The van der Waals surface area contributed by atoms with E-state index in [1.165, 1.54) is 12.8 Å². The summed E-state index contributed by atoms with van der Waals surface area (Å²) in [4.78, 5) is 19.5. The summed E-state index contributed by atoms with van der Waals surface area (Å²) in [5.74, 6) is 1.92. The molecule has 1 saturated carbocycles. The zero-order valence-electron chi connectivity index (χ0n) is 19.6. The summed E-state index contributed by atoms with van der Waals surface area (Å²) in [6, 6.07) is 3.76. The summed E-state index contributed by atoms with van der Waals surface area (Å²) in [7, 11) is 3.17. The average Bonchev–Trinajstić information content (AvgIpc) is 2.75. The van der Waals surface area contributed by atoms with Crippen LogP contribution in [0.15, 0.2) is 18.3 Å². The van der Waals surface area contributed by atoms with Crippen LogP contribution in [-0.2, 0) is 25.4 Å². The van der Waals surface area contributed by atoms with Crippen LogP contribution in [0.1, 0.15) is 58.6 Å². The molecule has 2 atom stereocenters. The summed E-state index contributed by atoms with van der Waals surface area (Å²) in [5.41, 5.74) is -0.206. The fourth-order valence-electron chi connectivity index (χ4n) is 4.77. The van der Waals surface area contributed by atoms with Crippen molar-refractivity contribution in [3.8, 4) is 5.75 Å². The molecule has 2 aliphatic rings. The maximum absolute atomic E-state index is 13.2. The van der Waals surface area contributed by atoms with Crippen LogP contribution in [0.25, 0.3) is 0 Å². The van der Waals surface area contributed by atoms with E-state index in [4.69, 9.17) is 18.9 Å². The molecule has 1 aliphatic carbocycles. The Hall–Kier alpha value is -1.70. The number of rotatable bonds is 11. The largest absolute Gasteiger partial charge is 0.490 e. The highest BCUT2D eigenvalue weighted by Gasteiger charge is 2.62. The second-order valence-electron chi connectivity index (χ2n) is 9.44. The molecule has 0 radical (unpaired) electrons. The van der Waals surface area contributed by atoms with Gasteiger partial charge in [0.1, 0.15) is 19.3 Å². The molecular weight excluding hydrogens is 396 g/mol. The number of nitrogens with zero attached hydrogens (tertiary/aromatic N) is 2. The first-order valence-corrected chi connectivity index (χ1v) is 11.4. The number of ether oxygens (including phenoxy) is 4. The fourth-order valence-corrected chi connectivity index (χ4v) is 4.77. The third-order valence-electron chi connectivity index (χ3n) is 6.43. The van der Waals surface area contributed by atoms with Crippen LogP contribution < -0.4 is 4.74 Å². The first-order valence-electron chi connectivity index (χ1n) is 11.4. The molecule has 3 rings (SSSR count). The Labute approximate surface area is 186 Å². The summed E-state index contributed by atoms with van der Waals surface area (Å²) < 4.78 is 22.8. The van der Waals surface area contributed by atoms with E-state index in [1.54, 1.807) is 25.3 Å². The molecular formula is C24H38N2O5. The molecule has 1 amide bonds. The number of aromatic nitrogens is 1. The van der Waals surface area contributed by atoms with Crippen molar-refractivity contribution in [2.75, 3.05) is 27.7 Å². The lowest BCUT2D eigenvalue weighted by Crippen LogP contribution is -2.76. The quantitative estimate of drug-likeness (QED) is 0.390. The molecule has 2 heterocycles. The number of hydrogen-bond donors (Lipinski definition) is 0. The van der Waals surface area contributed by atoms with Gasteiger partial charge in [0, 0.05) is 38.6 Å². The van der Waals surface area contributed by atoms with E-state index in [0.717, 1.165) is 36.6 Å². The lowest BCUT2D eigenvalue weighted by atomic mass is 9.75. The second-order valence-corrected chi connectivity index (χ2v) is 9.44. The van der Waals surface area contributed by atoms with Crippen molar-refractivity contribution in [1.29, 1.82) is 0 Å². The second kappa shape index (κ2) is 10.7. The third-order valence-corrected chi connectivity index (χ3v) is 6.43. The van der Waals surface area contributed by atoms with Crippen LogP contribution in [0, 0.1) is 11.8 Å². The normalized spacial score (nSPS) is 28.6. The predicted octanol–water partition coefficient (Wildman–Crippen LogP) is 3.80. The number of amides is 1. The van der Waals surface area contributed by atoms with Gasteiger partial charge in [-0.2, -0.15) is 0 Å². The van der Waals surface area contributed by atoms with Gasteiger partial charge >= 0.3 is 0 Å².